The fourth-order valence-electron chi connectivity index (χ4n) is 3.69. The predicted octanol–water partition coefficient (Wildman–Crippen LogP) is -2.08. The third-order valence-electron chi connectivity index (χ3n) is 5.10. The summed E-state index contributed by atoms with van der Waals surface area (Å²) in [5.41, 5.74) is 0. The van der Waals surface area contributed by atoms with Crippen molar-refractivity contribution in [3.63, 3.8) is 0 Å². The standard InChI is InChI=1S/C12H21N5O9S3/c1-27(19,20)15-5-4-9(7-15)28(21,22)14-11(13)10-3-2-8-6-16(10)12(18)17(8)26-29(23,24)25/h8-10H,2-7H2,1H3,(H2,13,14)(H,23,24,25)/t8-,9+,10+/m1/s1. The van der Waals surface area contributed by atoms with Gasteiger partial charge in [-0.05, 0) is 19.3 Å². The number of hydrogen-bond acceptors (Lipinski definition) is 9. The second kappa shape index (κ2) is 7.31. The van der Waals surface area contributed by atoms with Crippen molar-refractivity contribution in [2.24, 2.45) is 0 Å². The van der Waals surface area contributed by atoms with Crippen LogP contribution in [0.2, 0.25) is 0 Å². The molecule has 0 spiro atoms. The van der Waals surface area contributed by atoms with Gasteiger partial charge in [0.05, 0.1) is 23.6 Å². The Hall–Kier alpha value is -1.53. The highest BCUT2D eigenvalue weighted by atomic mass is 32.3. The lowest BCUT2D eigenvalue weighted by Gasteiger charge is -2.31. The summed E-state index contributed by atoms with van der Waals surface area (Å²) in [5, 5.41) is 7.58. The number of urea groups is 1. The second-order valence-electron chi connectivity index (χ2n) is 7.10. The molecule has 0 unspecified atom stereocenters. The third kappa shape index (κ3) is 4.64. The van der Waals surface area contributed by atoms with Gasteiger partial charge in [0, 0.05) is 19.6 Å². The maximum absolute atomic E-state index is 12.6. The molecular formula is C12H21N5O9S3. The quantitative estimate of drug-likeness (QED) is 0.219. The van der Waals surface area contributed by atoms with Gasteiger partial charge >= 0.3 is 16.4 Å². The predicted molar refractivity (Wildman–Crippen MR) is 98.0 cm³/mol. The number of sulfonamides is 2. The molecule has 166 valence electrons. The summed E-state index contributed by atoms with van der Waals surface area (Å²) < 4.78 is 86.4. The smallest absolute Gasteiger partial charge is 0.310 e. The summed E-state index contributed by atoms with van der Waals surface area (Å²) >= 11 is 0. The number of piperidine rings is 1. The van der Waals surface area contributed by atoms with Gasteiger partial charge in [-0.2, -0.15) is 13.5 Å². The van der Waals surface area contributed by atoms with Gasteiger partial charge in [0.1, 0.15) is 5.84 Å². The van der Waals surface area contributed by atoms with E-state index < -0.39 is 59.6 Å². The molecule has 3 rings (SSSR count). The number of nitrogens with zero attached hydrogens (tertiary/aromatic N) is 3. The van der Waals surface area contributed by atoms with Crippen LogP contribution in [0.25, 0.3) is 0 Å². The molecule has 3 aliphatic rings. The van der Waals surface area contributed by atoms with Crippen LogP contribution in [0.1, 0.15) is 19.3 Å². The number of nitrogens with one attached hydrogen (secondary N) is 2. The normalized spacial score (nSPS) is 28.8. The average molecular weight is 476 g/mol. The molecule has 2 bridgehead atoms. The summed E-state index contributed by atoms with van der Waals surface area (Å²) in [5.74, 6) is -0.483. The lowest BCUT2D eigenvalue weighted by atomic mass is 10.0. The minimum Gasteiger partial charge on any atom is -0.310 e. The van der Waals surface area contributed by atoms with Crippen LogP contribution < -0.4 is 4.72 Å². The Morgan fingerprint density at radius 3 is 2.34 bits per heavy atom. The molecular weight excluding hydrogens is 454 g/mol. The van der Waals surface area contributed by atoms with Crippen molar-refractivity contribution in [2.75, 3.05) is 25.9 Å². The zero-order chi connectivity index (χ0) is 21.8. The number of hydrogen-bond donors (Lipinski definition) is 3. The third-order valence-corrected chi connectivity index (χ3v) is 8.48. The summed E-state index contributed by atoms with van der Waals surface area (Å²) in [4.78, 5) is 13.4. The molecule has 3 fully saturated rings. The van der Waals surface area contributed by atoms with E-state index in [2.05, 4.69) is 9.01 Å². The highest BCUT2D eigenvalue weighted by Crippen LogP contribution is 2.31. The Kier molecular flexibility index (Phi) is 5.59. The number of hydroxylamine groups is 2. The zero-order valence-corrected chi connectivity index (χ0v) is 17.7. The molecule has 0 saturated carbocycles. The van der Waals surface area contributed by atoms with Gasteiger partial charge in [-0.1, -0.05) is 0 Å². The van der Waals surface area contributed by atoms with Crippen LogP contribution in [0.15, 0.2) is 0 Å². The van der Waals surface area contributed by atoms with Crippen molar-refractivity contribution in [1.29, 1.82) is 5.41 Å². The van der Waals surface area contributed by atoms with Crippen LogP contribution in [0.5, 0.6) is 0 Å². The van der Waals surface area contributed by atoms with Crippen molar-refractivity contribution < 1.29 is 38.9 Å². The van der Waals surface area contributed by atoms with E-state index >= 15 is 0 Å². The topological polar surface area (TPSA) is 195 Å². The van der Waals surface area contributed by atoms with E-state index in [1.54, 1.807) is 0 Å². The van der Waals surface area contributed by atoms with E-state index in [0.717, 1.165) is 15.5 Å². The van der Waals surface area contributed by atoms with Gasteiger partial charge in [0.2, 0.25) is 20.0 Å². The van der Waals surface area contributed by atoms with Crippen LogP contribution in [0.4, 0.5) is 4.79 Å². The molecule has 17 heteroatoms. The molecule has 3 N–H and O–H groups in total. The summed E-state index contributed by atoms with van der Waals surface area (Å²) in [6.45, 7) is -0.184. The van der Waals surface area contributed by atoms with Crippen LogP contribution >= 0.6 is 0 Å². The monoisotopic (exact) mass is 475 g/mol. The minimum absolute atomic E-state index is 0.00554. The van der Waals surface area contributed by atoms with Gasteiger partial charge in [0.15, 0.2) is 0 Å². The summed E-state index contributed by atoms with van der Waals surface area (Å²) in [6.07, 6.45) is 1.44. The number of amidine groups is 1. The first-order chi connectivity index (χ1) is 13.2. The number of rotatable bonds is 6. The maximum Gasteiger partial charge on any atom is 0.418 e. The van der Waals surface area contributed by atoms with Crippen LogP contribution in [0, 0.1) is 5.41 Å². The van der Waals surface area contributed by atoms with E-state index in [1.807, 2.05) is 0 Å². The Bertz CT molecular complexity index is 1030. The average Bonchev–Trinajstić information content (AvgIpc) is 3.15. The maximum atomic E-state index is 12.6. The lowest BCUT2D eigenvalue weighted by Crippen LogP contribution is -2.52. The molecule has 0 aromatic rings. The zero-order valence-electron chi connectivity index (χ0n) is 15.3. The Morgan fingerprint density at radius 1 is 1.14 bits per heavy atom. The SMILES string of the molecule is CS(=O)(=O)N1CC[C@H](S(=O)(=O)NC(=N)[C@@H]2CC[C@@H]3CN2C(=O)N3OS(=O)(=O)O)C1. The molecule has 2 amide bonds. The fourth-order valence-corrected chi connectivity index (χ4v) is 6.46. The van der Waals surface area contributed by atoms with E-state index in [-0.39, 0.29) is 38.9 Å². The molecule has 14 nitrogen and oxygen atoms in total. The van der Waals surface area contributed by atoms with Crippen molar-refractivity contribution >= 4 is 42.3 Å². The fraction of sp³-hybridized carbons (Fsp3) is 0.833. The number of fused-ring (bicyclic) bond motifs is 2. The molecule has 3 aliphatic heterocycles. The van der Waals surface area contributed by atoms with Gasteiger partial charge < -0.3 is 4.90 Å². The first kappa shape index (κ1) is 22.2. The van der Waals surface area contributed by atoms with Gasteiger partial charge in [-0.15, -0.1) is 4.28 Å². The Balaban J connectivity index is 1.68. The number of carbonyl (C=O) groups is 1. The van der Waals surface area contributed by atoms with Crippen molar-refractivity contribution in [3.05, 3.63) is 0 Å². The molecule has 29 heavy (non-hydrogen) atoms. The lowest BCUT2D eigenvalue weighted by molar-refractivity contribution is -0.0316. The first-order valence-electron chi connectivity index (χ1n) is 8.51. The van der Waals surface area contributed by atoms with Crippen LogP contribution in [0.3, 0.4) is 0 Å². The summed E-state index contributed by atoms with van der Waals surface area (Å²) in [7, 11) is -12.5. The molecule has 0 aromatic heterocycles. The molecule has 3 atom stereocenters. The Labute approximate surface area is 168 Å². The van der Waals surface area contributed by atoms with E-state index in [1.165, 1.54) is 0 Å². The van der Waals surface area contributed by atoms with Gasteiger partial charge in [-0.3, -0.25) is 14.7 Å². The highest BCUT2D eigenvalue weighted by Gasteiger charge is 2.49. The van der Waals surface area contributed by atoms with Gasteiger partial charge in [-0.25, -0.2) is 25.9 Å². The summed E-state index contributed by atoms with van der Waals surface area (Å²) in [6, 6.07) is -2.54. The minimum atomic E-state index is -4.91. The molecule has 0 aliphatic carbocycles. The molecule has 3 saturated heterocycles. The van der Waals surface area contributed by atoms with Crippen molar-refractivity contribution in [2.45, 2.75) is 36.6 Å². The van der Waals surface area contributed by atoms with E-state index in [9.17, 15) is 30.0 Å². The largest absolute Gasteiger partial charge is 0.418 e. The Morgan fingerprint density at radius 2 is 1.79 bits per heavy atom. The van der Waals surface area contributed by atoms with E-state index in [4.69, 9.17) is 9.96 Å². The highest BCUT2D eigenvalue weighted by molar-refractivity contribution is 7.91. The molecule has 0 aromatic carbocycles. The first-order valence-corrected chi connectivity index (χ1v) is 13.3. The van der Waals surface area contributed by atoms with E-state index in [0.29, 0.717) is 5.06 Å². The van der Waals surface area contributed by atoms with Crippen LogP contribution in [-0.2, 0) is 34.7 Å². The number of amides is 2. The second-order valence-corrected chi connectivity index (χ2v) is 12.1. The van der Waals surface area contributed by atoms with Crippen molar-refractivity contribution in [1.82, 2.24) is 19.0 Å². The van der Waals surface area contributed by atoms with Crippen LogP contribution in [-0.4, -0.2) is 99.2 Å². The number of carbonyl (C=O) groups excluding carboxylic acids is 1. The van der Waals surface area contributed by atoms with Crippen molar-refractivity contribution in [3.8, 4) is 0 Å². The molecule has 3 heterocycles. The molecule has 0 radical (unpaired) electrons. The van der Waals surface area contributed by atoms with Gasteiger partial charge in [0.25, 0.3) is 0 Å².